The number of rotatable bonds is 14. The van der Waals surface area contributed by atoms with Gasteiger partial charge in [-0.05, 0) is 66.8 Å². The second-order valence-electron chi connectivity index (χ2n) is 9.80. The molecule has 0 bridgehead atoms. The molecule has 2 aromatic carbocycles. The van der Waals surface area contributed by atoms with Crippen molar-refractivity contribution < 1.29 is 19.4 Å². The van der Waals surface area contributed by atoms with Crippen molar-refractivity contribution in [2.24, 2.45) is 0 Å². The summed E-state index contributed by atoms with van der Waals surface area (Å²) in [6, 6.07) is 14.7. The maximum absolute atomic E-state index is 13.7. The Balaban J connectivity index is 1.95. The molecule has 8 heteroatoms. The number of unbranched alkanes of at least 4 members (excludes halogenated alkanes) is 1. The van der Waals surface area contributed by atoms with Crippen molar-refractivity contribution in [3.63, 3.8) is 0 Å². The summed E-state index contributed by atoms with van der Waals surface area (Å²) in [5.41, 5.74) is 2.70. The number of hydrogen-bond acceptors (Lipinski definition) is 4. The zero-order valence-electron chi connectivity index (χ0n) is 22.8. The predicted octanol–water partition coefficient (Wildman–Crippen LogP) is 6.25. The molecular formula is C31H37ClN2O5. The predicted molar refractivity (Wildman–Crippen MR) is 154 cm³/mol. The molecule has 7 nitrogen and oxygen atoms in total. The Bertz CT molecular complexity index is 1340. The van der Waals surface area contributed by atoms with Gasteiger partial charge in [-0.3, -0.25) is 14.4 Å². The first-order valence-electron chi connectivity index (χ1n) is 13.4. The van der Waals surface area contributed by atoms with Gasteiger partial charge in [-0.15, -0.1) is 0 Å². The molecule has 2 atom stereocenters. The van der Waals surface area contributed by atoms with Gasteiger partial charge in [-0.25, -0.2) is 0 Å². The van der Waals surface area contributed by atoms with Crippen LogP contribution in [0.4, 0.5) is 0 Å². The number of aliphatic carboxylic acids is 1. The highest BCUT2D eigenvalue weighted by Crippen LogP contribution is 2.25. The molecule has 1 amide bonds. The van der Waals surface area contributed by atoms with Crippen molar-refractivity contribution >= 4 is 23.5 Å². The highest BCUT2D eigenvalue weighted by Gasteiger charge is 2.27. The number of nitrogens with one attached hydrogen (secondary N) is 1. The minimum absolute atomic E-state index is 0.249. The Hall–Kier alpha value is -3.58. The molecule has 0 saturated carbocycles. The Labute approximate surface area is 234 Å². The van der Waals surface area contributed by atoms with Gasteiger partial charge in [0.2, 0.25) is 5.91 Å². The quantitative estimate of drug-likeness (QED) is 0.246. The van der Waals surface area contributed by atoms with E-state index in [4.69, 9.17) is 16.3 Å². The van der Waals surface area contributed by atoms with Crippen LogP contribution in [-0.4, -0.2) is 28.2 Å². The SMILES string of the molecule is CCCCC(C(=O)N[C@@H](CC(=O)O)c1cccc(OCCC)c1)n1cc(C)cc(Cc2cccc(Cl)c2)c1=O. The number of aryl methyl sites for hydroxylation is 1. The molecule has 0 aliphatic heterocycles. The lowest BCUT2D eigenvalue weighted by atomic mass is 10.0. The Kier molecular flexibility index (Phi) is 11.2. The van der Waals surface area contributed by atoms with E-state index in [0.717, 1.165) is 30.4 Å². The molecular weight excluding hydrogens is 516 g/mol. The van der Waals surface area contributed by atoms with E-state index in [1.54, 1.807) is 36.5 Å². The molecule has 0 fully saturated rings. The number of nitrogens with zero attached hydrogens (tertiary/aromatic N) is 1. The number of hydrogen-bond donors (Lipinski definition) is 2. The second kappa shape index (κ2) is 14.5. The van der Waals surface area contributed by atoms with Crippen LogP contribution in [0, 0.1) is 6.92 Å². The lowest BCUT2D eigenvalue weighted by Crippen LogP contribution is -2.40. The number of carbonyl (C=O) groups is 2. The van der Waals surface area contributed by atoms with Gasteiger partial charge < -0.3 is 19.7 Å². The third-order valence-corrected chi connectivity index (χ3v) is 6.67. The third-order valence-electron chi connectivity index (χ3n) is 6.44. The molecule has 0 spiro atoms. The molecule has 3 aromatic rings. The van der Waals surface area contributed by atoms with Crippen LogP contribution in [0.5, 0.6) is 5.75 Å². The molecule has 0 radical (unpaired) electrons. The lowest BCUT2D eigenvalue weighted by molar-refractivity contribution is -0.138. The summed E-state index contributed by atoms with van der Waals surface area (Å²) < 4.78 is 7.21. The fourth-order valence-electron chi connectivity index (χ4n) is 4.57. The first-order chi connectivity index (χ1) is 18.7. The van der Waals surface area contributed by atoms with Crippen LogP contribution in [0.3, 0.4) is 0 Å². The molecule has 1 heterocycles. The average molecular weight is 553 g/mol. The van der Waals surface area contributed by atoms with Crippen LogP contribution < -0.4 is 15.6 Å². The zero-order valence-corrected chi connectivity index (χ0v) is 23.5. The third kappa shape index (κ3) is 8.72. The van der Waals surface area contributed by atoms with Crippen molar-refractivity contribution in [3.05, 3.63) is 98.4 Å². The van der Waals surface area contributed by atoms with Crippen molar-refractivity contribution in [2.75, 3.05) is 6.61 Å². The average Bonchev–Trinajstić information content (AvgIpc) is 2.89. The Morgan fingerprint density at radius 2 is 1.85 bits per heavy atom. The second-order valence-corrected chi connectivity index (χ2v) is 10.2. The standard InChI is InChI=1S/C31H37ClN2O5/c1-4-6-13-28(34-20-21(3)15-24(31(34)38)16-22-9-7-11-25(32)17-22)30(37)33-27(19-29(35)36)23-10-8-12-26(18-23)39-14-5-2/h7-12,15,17-18,20,27-28H,4-6,13-14,16,19H2,1-3H3,(H,33,37)(H,35,36)/t27-,28?/m0/s1. The summed E-state index contributed by atoms with van der Waals surface area (Å²) in [5.74, 6) is -0.820. The number of halogens is 1. The van der Waals surface area contributed by atoms with Gasteiger partial charge in [0.15, 0.2) is 0 Å². The van der Waals surface area contributed by atoms with Crippen LogP contribution >= 0.6 is 11.6 Å². The highest BCUT2D eigenvalue weighted by atomic mass is 35.5. The van der Waals surface area contributed by atoms with E-state index in [0.29, 0.717) is 41.3 Å². The first kappa shape index (κ1) is 30.0. The summed E-state index contributed by atoms with van der Waals surface area (Å²) in [7, 11) is 0. The number of benzene rings is 2. The molecule has 1 unspecified atom stereocenters. The molecule has 208 valence electrons. The van der Waals surface area contributed by atoms with E-state index in [-0.39, 0.29) is 12.0 Å². The van der Waals surface area contributed by atoms with Crippen molar-refractivity contribution in [3.8, 4) is 5.75 Å². The van der Waals surface area contributed by atoms with Gasteiger partial charge in [0.1, 0.15) is 11.8 Å². The van der Waals surface area contributed by atoms with Gasteiger partial charge in [-0.2, -0.15) is 0 Å². The van der Waals surface area contributed by atoms with Gasteiger partial charge >= 0.3 is 5.97 Å². The number of carboxylic acid groups (broad SMARTS) is 1. The van der Waals surface area contributed by atoms with Gasteiger partial charge in [0, 0.05) is 23.2 Å². The van der Waals surface area contributed by atoms with E-state index >= 15 is 0 Å². The fraction of sp³-hybridized carbons (Fsp3) is 0.387. The molecule has 1 aromatic heterocycles. The van der Waals surface area contributed by atoms with Crippen LogP contribution in [0.25, 0.3) is 0 Å². The Morgan fingerprint density at radius 3 is 2.54 bits per heavy atom. The zero-order chi connectivity index (χ0) is 28.4. The van der Waals surface area contributed by atoms with Crippen molar-refractivity contribution in [1.82, 2.24) is 9.88 Å². The Morgan fingerprint density at radius 1 is 1.08 bits per heavy atom. The smallest absolute Gasteiger partial charge is 0.305 e. The summed E-state index contributed by atoms with van der Waals surface area (Å²) >= 11 is 6.15. The number of ether oxygens (including phenoxy) is 1. The van der Waals surface area contributed by atoms with Crippen LogP contribution in [0.2, 0.25) is 5.02 Å². The van der Waals surface area contributed by atoms with Gasteiger partial charge in [-0.1, -0.05) is 62.6 Å². The number of aromatic nitrogens is 1. The number of carboxylic acids is 1. The summed E-state index contributed by atoms with van der Waals surface area (Å²) in [4.78, 5) is 39.1. The maximum atomic E-state index is 13.7. The van der Waals surface area contributed by atoms with E-state index < -0.39 is 24.0 Å². The van der Waals surface area contributed by atoms with Crippen molar-refractivity contribution in [1.29, 1.82) is 0 Å². The molecule has 0 aliphatic rings. The molecule has 3 rings (SSSR count). The minimum Gasteiger partial charge on any atom is -0.494 e. The maximum Gasteiger partial charge on any atom is 0.305 e. The van der Waals surface area contributed by atoms with E-state index in [9.17, 15) is 19.5 Å². The normalized spacial score (nSPS) is 12.5. The first-order valence-corrected chi connectivity index (χ1v) is 13.8. The monoisotopic (exact) mass is 552 g/mol. The number of pyridine rings is 1. The van der Waals surface area contributed by atoms with Gasteiger partial charge in [0.05, 0.1) is 19.1 Å². The van der Waals surface area contributed by atoms with Crippen molar-refractivity contribution in [2.45, 2.75) is 71.4 Å². The minimum atomic E-state index is -1.04. The van der Waals surface area contributed by atoms with Crippen LogP contribution in [0.1, 0.15) is 80.3 Å². The summed E-state index contributed by atoms with van der Waals surface area (Å²) in [6.07, 6.45) is 4.64. The van der Waals surface area contributed by atoms with E-state index in [1.165, 1.54) is 4.57 Å². The van der Waals surface area contributed by atoms with Crippen LogP contribution in [0.15, 0.2) is 65.6 Å². The highest BCUT2D eigenvalue weighted by molar-refractivity contribution is 6.30. The molecule has 39 heavy (non-hydrogen) atoms. The van der Waals surface area contributed by atoms with Gasteiger partial charge in [0.25, 0.3) is 5.56 Å². The van der Waals surface area contributed by atoms with E-state index in [1.807, 2.05) is 45.0 Å². The molecule has 0 saturated heterocycles. The molecule has 0 aliphatic carbocycles. The number of amides is 1. The summed E-state index contributed by atoms with van der Waals surface area (Å²) in [5, 5.41) is 13.1. The van der Waals surface area contributed by atoms with Crippen LogP contribution in [-0.2, 0) is 16.0 Å². The largest absolute Gasteiger partial charge is 0.494 e. The van der Waals surface area contributed by atoms with E-state index in [2.05, 4.69) is 5.32 Å². The molecule has 2 N–H and O–H groups in total. The summed E-state index contributed by atoms with van der Waals surface area (Å²) in [6.45, 7) is 6.45. The topological polar surface area (TPSA) is 97.6 Å². The number of carbonyl (C=O) groups excluding carboxylic acids is 1. The lowest BCUT2D eigenvalue weighted by Gasteiger charge is -2.25. The fourth-order valence-corrected chi connectivity index (χ4v) is 4.79.